The van der Waals surface area contributed by atoms with E-state index in [4.69, 9.17) is 9.47 Å². The van der Waals surface area contributed by atoms with Crippen LogP contribution in [0, 0.1) is 0 Å². The lowest BCUT2D eigenvalue weighted by Gasteiger charge is -2.37. The highest BCUT2D eigenvalue weighted by atomic mass is 79.9. The molecular formula is C16H25BrN2O2. The maximum atomic E-state index is 5.65. The van der Waals surface area contributed by atoms with Gasteiger partial charge in [-0.2, -0.15) is 0 Å². The Morgan fingerprint density at radius 1 is 1.38 bits per heavy atom. The van der Waals surface area contributed by atoms with Gasteiger partial charge in [0, 0.05) is 31.7 Å². The van der Waals surface area contributed by atoms with Gasteiger partial charge in [-0.3, -0.25) is 4.90 Å². The second-order valence-corrected chi connectivity index (χ2v) is 6.48. The maximum Gasteiger partial charge on any atom is 0.175 e. The molecule has 0 bridgehead atoms. The molecule has 1 aliphatic heterocycles. The number of nitrogens with one attached hydrogen (secondary N) is 1. The Hall–Kier alpha value is -0.780. The number of hydrogen-bond donors (Lipinski definition) is 1. The normalized spacial score (nSPS) is 23.1. The zero-order chi connectivity index (χ0) is 15.4. The monoisotopic (exact) mass is 356 g/mol. The third kappa shape index (κ3) is 4.11. The Morgan fingerprint density at radius 3 is 2.81 bits per heavy atom. The van der Waals surface area contributed by atoms with Crippen LogP contribution in [0.15, 0.2) is 16.6 Å². The molecule has 5 heteroatoms. The number of hydrogen-bond acceptors (Lipinski definition) is 4. The molecule has 4 nitrogen and oxygen atoms in total. The van der Waals surface area contributed by atoms with Crippen LogP contribution in [-0.4, -0.2) is 43.8 Å². The van der Waals surface area contributed by atoms with Crippen molar-refractivity contribution in [2.24, 2.45) is 0 Å². The lowest BCUT2D eigenvalue weighted by Crippen LogP contribution is -2.53. The van der Waals surface area contributed by atoms with Gasteiger partial charge in [0.05, 0.1) is 18.2 Å². The largest absolute Gasteiger partial charge is 0.493 e. The first-order valence-electron chi connectivity index (χ1n) is 7.51. The summed E-state index contributed by atoms with van der Waals surface area (Å²) in [6.45, 7) is 10.1. The van der Waals surface area contributed by atoms with E-state index < -0.39 is 0 Å². The summed E-state index contributed by atoms with van der Waals surface area (Å²) in [5.74, 6) is 1.57. The van der Waals surface area contributed by atoms with Crippen molar-refractivity contribution in [3.63, 3.8) is 0 Å². The molecule has 0 aromatic heterocycles. The molecule has 0 amide bonds. The summed E-state index contributed by atoms with van der Waals surface area (Å²) in [4.78, 5) is 2.50. The quantitative estimate of drug-likeness (QED) is 0.878. The van der Waals surface area contributed by atoms with Gasteiger partial charge in [0.25, 0.3) is 0 Å². The molecule has 118 valence electrons. The summed E-state index contributed by atoms with van der Waals surface area (Å²) in [7, 11) is 1.68. The summed E-state index contributed by atoms with van der Waals surface area (Å²) >= 11 is 3.60. The zero-order valence-electron chi connectivity index (χ0n) is 13.3. The summed E-state index contributed by atoms with van der Waals surface area (Å²) < 4.78 is 12.1. The zero-order valence-corrected chi connectivity index (χ0v) is 14.9. The van der Waals surface area contributed by atoms with E-state index in [1.165, 1.54) is 5.56 Å². The number of ether oxygens (including phenoxy) is 2. The molecule has 1 heterocycles. The van der Waals surface area contributed by atoms with Gasteiger partial charge < -0.3 is 14.8 Å². The molecule has 1 aliphatic rings. The lowest BCUT2D eigenvalue weighted by molar-refractivity contribution is 0.138. The summed E-state index contributed by atoms with van der Waals surface area (Å²) in [5.41, 5.74) is 1.24. The third-order valence-electron chi connectivity index (χ3n) is 3.86. The molecule has 1 aromatic rings. The maximum absolute atomic E-state index is 5.65. The van der Waals surface area contributed by atoms with Crippen LogP contribution in [0.3, 0.4) is 0 Å². The van der Waals surface area contributed by atoms with Crippen molar-refractivity contribution < 1.29 is 9.47 Å². The van der Waals surface area contributed by atoms with Crippen LogP contribution in [0.2, 0.25) is 0 Å². The Bertz CT molecular complexity index is 482. The third-order valence-corrected chi connectivity index (χ3v) is 4.45. The van der Waals surface area contributed by atoms with Crippen LogP contribution < -0.4 is 14.8 Å². The number of halogens is 1. The average molecular weight is 357 g/mol. The molecule has 0 saturated carbocycles. The van der Waals surface area contributed by atoms with Gasteiger partial charge >= 0.3 is 0 Å². The predicted octanol–water partition coefficient (Wildman–Crippen LogP) is 3.04. The number of rotatable bonds is 5. The molecule has 1 fully saturated rings. The molecular weight excluding hydrogens is 332 g/mol. The standard InChI is InChI=1S/C16H25BrN2O2/c1-5-21-16-14(17)6-13(7-15(16)20-4)10-19-9-11(2)18-8-12(19)3/h6-7,11-12,18H,5,8-10H2,1-4H3. The van der Waals surface area contributed by atoms with Crippen molar-refractivity contribution in [1.29, 1.82) is 0 Å². The highest BCUT2D eigenvalue weighted by Gasteiger charge is 2.23. The molecule has 1 aromatic carbocycles. The number of benzene rings is 1. The number of methoxy groups -OCH3 is 1. The molecule has 2 rings (SSSR count). The minimum atomic E-state index is 0.536. The molecule has 0 aliphatic carbocycles. The van der Waals surface area contributed by atoms with Crippen LogP contribution >= 0.6 is 15.9 Å². The fourth-order valence-corrected chi connectivity index (χ4v) is 3.30. The van der Waals surface area contributed by atoms with E-state index in [1.807, 2.05) is 6.92 Å². The SMILES string of the molecule is CCOc1c(Br)cc(CN2CC(C)NCC2C)cc1OC. The minimum absolute atomic E-state index is 0.536. The van der Waals surface area contributed by atoms with Crippen LogP contribution in [0.5, 0.6) is 11.5 Å². The van der Waals surface area contributed by atoms with Crippen LogP contribution in [0.4, 0.5) is 0 Å². The molecule has 1 N–H and O–H groups in total. The summed E-state index contributed by atoms with van der Waals surface area (Å²) in [6.07, 6.45) is 0. The highest BCUT2D eigenvalue weighted by molar-refractivity contribution is 9.10. The van der Waals surface area contributed by atoms with Crippen molar-refractivity contribution >= 4 is 15.9 Å². The molecule has 2 unspecified atom stereocenters. The minimum Gasteiger partial charge on any atom is -0.493 e. The molecule has 0 spiro atoms. The van der Waals surface area contributed by atoms with Crippen molar-refractivity contribution in [2.75, 3.05) is 26.8 Å². The Kier molecular flexibility index (Phi) is 5.90. The molecule has 21 heavy (non-hydrogen) atoms. The van der Waals surface area contributed by atoms with E-state index in [2.05, 4.69) is 52.1 Å². The number of nitrogens with zero attached hydrogens (tertiary/aromatic N) is 1. The van der Waals surface area contributed by atoms with Crippen molar-refractivity contribution in [2.45, 2.75) is 39.4 Å². The van der Waals surface area contributed by atoms with Crippen molar-refractivity contribution in [3.05, 3.63) is 22.2 Å². The Balaban J connectivity index is 2.18. The van der Waals surface area contributed by atoms with Gasteiger partial charge in [0.2, 0.25) is 0 Å². The van der Waals surface area contributed by atoms with E-state index in [1.54, 1.807) is 7.11 Å². The highest BCUT2D eigenvalue weighted by Crippen LogP contribution is 2.37. The first-order chi connectivity index (χ1) is 10.0. The van der Waals surface area contributed by atoms with Crippen LogP contribution in [-0.2, 0) is 6.54 Å². The Morgan fingerprint density at radius 2 is 2.14 bits per heavy atom. The summed E-state index contributed by atoms with van der Waals surface area (Å²) in [6, 6.07) is 5.29. The van der Waals surface area contributed by atoms with Gasteiger partial charge in [0.1, 0.15) is 0 Å². The first kappa shape index (κ1) is 16.6. The Labute approximate surface area is 135 Å². The van der Waals surface area contributed by atoms with Gasteiger partial charge in [-0.15, -0.1) is 0 Å². The second-order valence-electron chi connectivity index (χ2n) is 5.63. The molecule has 1 saturated heterocycles. The van der Waals surface area contributed by atoms with Crippen LogP contribution in [0.25, 0.3) is 0 Å². The van der Waals surface area contributed by atoms with E-state index in [9.17, 15) is 0 Å². The van der Waals surface area contributed by atoms with Crippen molar-refractivity contribution in [3.8, 4) is 11.5 Å². The topological polar surface area (TPSA) is 33.7 Å². The lowest BCUT2D eigenvalue weighted by atomic mass is 10.1. The second kappa shape index (κ2) is 7.47. The smallest absolute Gasteiger partial charge is 0.175 e. The van der Waals surface area contributed by atoms with Gasteiger partial charge in [-0.25, -0.2) is 0 Å². The average Bonchev–Trinajstić information content (AvgIpc) is 2.45. The predicted molar refractivity (Wildman–Crippen MR) is 89.2 cm³/mol. The molecule has 0 radical (unpaired) electrons. The van der Waals surface area contributed by atoms with Crippen LogP contribution in [0.1, 0.15) is 26.3 Å². The number of piperazine rings is 1. The fourth-order valence-electron chi connectivity index (χ4n) is 2.70. The van der Waals surface area contributed by atoms with Gasteiger partial charge in [-0.1, -0.05) is 0 Å². The van der Waals surface area contributed by atoms with E-state index in [0.717, 1.165) is 35.6 Å². The van der Waals surface area contributed by atoms with E-state index in [0.29, 0.717) is 18.7 Å². The van der Waals surface area contributed by atoms with Crippen molar-refractivity contribution in [1.82, 2.24) is 10.2 Å². The van der Waals surface area contributed by atoms with E-state index >= 15 is 0 Å². The van der Waals surface area contributed by atoms with E-state index in [-0.39, 0.29) is 0 Å². The van der Waals surface area contributed by atoms with Gasteiger partial charge in [0.15, 0.2) is 11.5 Å². The first-order valence-corrected chi connectivity index (χ1v) is 8.31. The summed E-state index contributed by atoms with van der Waals surface area (Å²) in [5, 5.41) is 3.51. The van der Waals surface area contributed by atoms with Gasteiger partial charge in [-0.05, 0) is 54.4 Å². The molecule has 2 atom stereocenters. The fraction of sp³-hybridized carbons (Fsp3) is 0.625.